The van der Waals surface area contributed by atoms with Crippen LogP contribution in [0.4, 0.5) is 26.7 Å². The van der Waals surface area contributed by atoms with Crippen molar-refractivity contribution in [3.63, 3.8) is 0 Å². The molecule has 5 rings (SSSR count). The van der Waals surface area contributed by atoms with Gasteiger partial charge in [-0.1, -0.05) is 13.8 Å². The number of rotatable bonds is 9. The SMILES string of the molecule is COc1nonc1C(=O)N[C@@H](CCC(C)(C)C(F)(F)F)c1cn2ncc(CN3C[C@@H]4[C@H](CNC3=O)C4(F)F)cc2n1. The molecule has 2 fully saturated rings. The third-order valence-corrected chi connectivity index (χ3v) is 7.67. The fraction of sp³-hybridized carbons (Fsp3) is 0.583. The van der Waals surface area contributed by atoms with Gasteiger partial charge in [0.25, 0.3) is 17.7 Å². The van der Waals surface area contributed by atoms with Crippen LogP contribution in [0.5, 0.6) is 5.88 Å². The van der Waals surface area contributed by atoms with Crippen molar-refractivity contribution in [3.05, 3.63) is 35.4 Å². The number of amides is 3. The molecular weight excluding hydrogens is 559 g/mol. The van der Waals surface area contributed by atoms with Crippen LogP contribution in [0.25, 0.3) is 5.65 Å². The fourth-order valence-corrected chi connectivity index (χ4v) is 4.78. The van der Waals surface area contributed by atoms with E-state index >= 15 is 0 Å². The van der Waals surface area contributed by atoms with Crippen LogP contribution in [0.15, 0.2) is 23.1 Å². The Morgan fingerprint density at radius 1 is 1.29 bits per heavy atom. The second-order valence-corrected chi connectivity index (χ2v) is 10.9. The number of halogens is 5. The first-order chi connectivity index (χ1) is 19.2. The van der Waals surface area contributed by atoms with Crippen molar-refractivity contribution in [1.82, 2.24) is 40.4 Å². The van der Waals surface area contributed by atoms with E-state index in [1.54, 1.807) is 6.07 Å². The van der Waals surface area contributed by atoms with Gasteiger partial charge >= 0.3 is 12.2 Å². The lowest BCUT2D eigenvalue weighted by molar-refractivity contribution is -0.214. The number of ether oxygens (including phenoxy) is 1. The van der Waals surface area contributed by atoms with Crippen molar-refractivity contribution in [1.29, 1.82) is 0 Å². The summed E-state index contributed by atoms with van der Waals surface area (Å²) in [5, 5.41) is 16.3. The highest BCUT2D eigenvalue weighted by Crippen LogP contribution is 2.55. The van der Waals surface area contributed by atoms with Crippen LogP contribution >= 0.6 is 0 Å². The molecule has 0 radical (unpaired) electrons. The van der Waals surface area contributed by atoms with Crippen LogP contribution in [-0.2, 0) is 6.54 Å². The number of methoxy groups -OCH3 is 1. The van der Waals surface area contributed by atoms with E-state index in [0.717, 1.165) is 13.8 Å². The summed E-state index contributed by atoms with van der Waals surface area (Å²) < 4.78 is 79.3. The molecule has 17 heteroatoms. The third-order valence-electron chi connectivity index (χ3n) is 7.67. The van der Waals surface area contributed by atoms with Crippen LogP contribution in [-0.4, -0.2) is 74.0 Å². The van der Waals surface area contributed by atoms with E-state index in [1.807, 2.05) is 0 Å². The van der Waals surface area contributed by atoms with E-state index in [-0.39, 0.29) is 55.4 Å². The zero-order valence-electron chi connectivity index (χ0n) is 22.2. The Bertz CT molecular complexity index is 1460. The van der Waals surface area contributed by atoms with E-state index in [2.05, 4.69) is 35.7 Å². The highest BCUT2D eigenvalue weighted by atomic mass is 19.4. The van der Waals surface area contributed by atoms with Crippen LogP contribution in [0.2, 0.25) is 0 Å². The molecule has 12 nitrogen and oxygen atoms in total. The number of imidazole rings is 1. The van der Waals surface area contributed by atoms with Crippen LogP contribution in [0.1, 0.15) is 54.5 Å². The average molecular weight is 587 g/mol. The molecule has 2 aliphatic rings. The van der Waals surface area contributed by atoms with Gasteiger partial charge in [0.1, 0.15) is 0 Å². The van der Waals surface area contributed by atoms with Crippen LogP contribution in [0.3, 0.4) is 0 Å². The smallest absolute Gasteiger partial charge is 0.393 e. The van der Waals surface area contributed by atoms with Crippen molar-refractivity contribution < 1.29 is 40.9 Å². The quantitative estimate of drug-likeness (QED) is 0.364. The normalized spacial score (nSPS) is 21.2. The molecule has 3 atom stereocenters. The molecule has 222 valence electrons. The molecule has 3 amide bonds. The number of hydrogen-bond acceptors (Lipinski definition) is 8. The van der Waals surface area contributed by atoms with Gasteiger partial charge in [0.05, 0.1) is 48.5 Å². The number of carbonyl (C=O) groups is 2. The number of carbonyl (C=O) groups excluding carboxylic acids is 2. The third kappa shape index (κ3) is 5.48. The monoisotopic (exact) mass is 586 g/mol. The van der Waals surface area contributed by atoms with Gasteiger partial charge < -0.3 is 20.3 Å². The molecular formula is C24H27F5N8O4. The van der Waals surface area contributed by atoms with Gasteiger partial charge in [-0.05, 0) is 34.8 Å². The number of aromatic nitrogens is 5. The highest BCUT2D eigenvalue weighted by molar-refractivity contribution is 5.94. The molecule has 0 spiro atoms. The Morgan fingerprint density at radius 3 is 2.76 bits per heavy atom. The number of nitrogens with one attached hydrogen (secondary N) is 2. The molecule has 4 heterocycles. The van der Waals surface area contributed by atoms with Gasteiger partial charge in [-0.25, -0.2) is 27.7 Å². The van der Waals surface area contributed by atoms with Crippen molar-refractivity contribution in [2.24, 2.45) is 17.3 Å². The molecule has 3 aromatic heterocycles. The molecule has 1 saturated heterocycles. The summed E-state index contributed by atoms with van der Waals surface area (Å²) in [4.78, 5) is 31.0. The minimum Gasteiger partial charge on any atom is -0.477 e. The Morgan fingerprint density at radius 2 is 2.05 bits per heavy atom. The summed E-state index contributed by atoms with van der Waals surface area (Å²) in [6, 6.07) is 0.117. The first kappa shape index (κ1) is 28.5. The summed E-state index contributed by atoms with van der Waals surface area (Å²) in [5.74, 6) is -5.62. The van der Waals surface area contributed by atoms with Crippen molar-refractivity contribution in [3.8, 4) is 5.88 Å². The minimum atomic E-state index is -4.49. The summed E-state index contributed by atoms with van der Waals surface area (Å²) in [6.45, 7) is 1.91. The van der Waals surface area contributed by atoms with Gasteiger partial charge in [0, 0.05) is 19.6 Å². The van der Waals surface area contributed by atoms with Crippen molar-refractivity contribution >= 4 is 17.6 Å². The number of nitrogens with zero attached hydrogens (tertiary/aromatic N) is 6. The van der Waals surface area contributed by atoms with Crippen LogP contribution in [0, 0.1) is 17.3 Å². The number of alkyl halides is 5. The molecule has 0 aromatic carbocycles. The van der Waals surface area contributed by atoms with Gasteiger partial charge in [-0.3, -0.25) is 4.79 Å². The maximum Gasteiger partial charge on any atom is 0.393 e. The van der Waals surface area contributed by atoms with Crippen molar-refractivity contribution in [2.45, 2.75) is 51.4 Å². The molecule has 3 aromatic rings. The number of urea groups is 1. The second-order valence-electron chi connectivity index (χ2n) is 10.9. The van der Waals surface area contributed by atoms with Gasteiger partial charge in [0.2, 0.25) is 5.69 Å². The largest absolute Gasteiger partial charge is 0.477 e. The number of hydrogen-bond donors (Lipinski definition) is 2. The van der Waals surface area contributed by atoms with E-state index in [4.69, 9.17) is 4.74 Å². The first-order valence-corrected chi connectivity index (χ1v) is 12.7. The number of fused-ring (bicyclic) bond motifs is 2. The zero-order valence-corrected chi connectivity index (χ0v) is 22.2. The summed E-state index contributed by atoms with van der Waals surface area (Å²) in [7, 11) is 1.24. The Kier molecular flexibility index (Phi) is 7.01. The first-order valence-electron chi connectivity index (χ1n) is 12.7. The van der Waals surface area contributed by atoms with Crippen LogP contribution < -0.4 is 15.4 Å². The molecule has 2 N–H and O–H groups in total. The summed E-state index contributed by atoms with van der Waals surface area (Å²) in [6.07, 6.45) is -2.09. The van der Waals surface area contributed by atoms with E-state index in [9.17, 15) is 31.5 Å². The molecule has 1 aliphatic heterocycles. The molecule has 0 unspecified atom stereocenters. The topological polar surface area (TPSA) is 140 Å². The fourth-order valence-electron chi connectivity index (χ4n) is 4.78. The Hall–Kier alpha value is -4.05. The molecule has 41 heavy (non-hydrogen) atoms. The lowest BCUT2D eigenvalue weighted by Crippen LogP contribution is -2.40. The van der Waals surface area contributed by atoms with E-state index < -0.39 is 47.3 Å². The van der Waals surface area contributed by atoms with Gasteiger partial charge in [0.15, 0.2) is 5.65 Å². The predicted molar refractivity (Wildman–Crippen MR) is 129 cm³/mol. The molecule has 0 bridgehead atoms. The maximum absolute atomic E-state index is 13.9. The Labute approximate surface area is 229 Å². The van der Waals surface area contributed by atoms with Gasteiger partial charge in [-0.2, -0.15) is 18.3 Å². The zero-order chi connectivity index (χ0) is 29.7. The Balaban J connectivity index is 1.38. The maximum atomic E-state index is 13.9. The second kappa shape index (κ2) is 10.1. The van der Waals surface area contributed by atoms with Crippen molar-refractivity contribution in [2.75, 3.05) is 20.2 Å². The highest BCUT2D eigenvalue weighted by Gasteiger charge is 2.69. The van der Waals surface area contributed by atoms with Gasteiger partial charge in [-0.15, -0.1) is 0 Å². The minimum absolute atomic E-state index is 0.00425. The standard InChI is InChI=1S/C24H27F5N8O4/c1-22(2,24(27,28)29)5-4-15(33-19(38)18-20(40-3)35-41-34-18)16-11-37-17(32-16)6-12(7-31-37)9-36-10-14-13(23(14,25)26)8-30-21(36)39/h6-7,11,13-15H,4-5,8-10H2,1-3H3,(H,30,39)(H,33,38)/t13-,14+,15-/m0/s1. The van der Waals surface area contributed by atoms with E-state index in [1.165, 1.54) is 28.9 Å². The lowest BCUT2D eigenvalue weighted by Gasteiger charge is -2.29. The summed E-state index contributed by atoms with van der Waals surface area (Å²) >= 11 is 0. The lowest BCUT2D eigenvalue weighted by atomic mass is 9.85. The average Bonchev–Trinajstić information content (AvgIpc) is 3.26. The summed E-state index contributed by atoms with van der Waals surface area (Å²) in [5.41, 5.74) is -1.36. The predicted octanol–water partition coefficient (Wildman–Crippen LogP) is 3.37. The molecule has 1 saturated carbocycles. The van der Waals surface area contributed by atoms with E-state index in [0.29, 0.717) is 5.56 Å². The molecule has 1 aliphatic carbocycles.